The third kappa shape index (κ3) is 4.78. The van der Waals surface area contributed by atoms with Crippen molar-refractivity contribution < 1.29 is 18.7 Å². The van der Waals surface area contributed by atoms with Gasteiger partial charge in [0.15, 0.2) is 0 Å². The first-order chi connectivity index (χ1) is 11.5. The fraction of sp³-hybridized carbons (Fsp3) is 0.176. The number of nitrogens with one attached hydrogen (secondary N) is 2. The van der Waals surface area contributed by atoms with Crippen LogP contribution < -0.4 is 10.6 Å². The lowest BCUT2D eigenvalue weighted by molar-refractivity contribution is -0.136. The molecule has 0 heterocycles. The Morgan fingerprint density at radius 1 is 1.12 bits per heavy atom. The smallest absolute Gasteiger partial charge is 0.313 e. The van der Waals surface area contributed by atoms with Crippen LogP contribution in [-0.2, 0) is 14.3 Å². The van der Waals surface area contributed by atoms with Crippen LogP contribution in [0, 0.1) is 5.82 Å². The van der Waals surface area contributed by atoms with Crippen molar-refractivity contribution in [1.82, 2.24) is 5.32 Å². The molecule has 1 atom stereocenters. The monoisotopic (exact) mass is 350 g/mol. The van der Waals surface area contributed by atoms with Crippen molar-refractivity contribution in [2.75, 3.05) is 19.0 Å². The molecule has 24 heavy (non-hydrogen) atoms. The van der Waals surface area contributed by atoms with E-state index < -0.39 is 23.7 Å². The summed E-state index contributed by atoms with van der Waals surface area (Å²) in [6, 6.07) is 12.2. The molecule has 0 radical (unpaired) electrons. The summed E-state index contributed by atoms with van der Waals surface area (Å²) in [6.07, 6.45) is -0.485. The van der Waals surface area contributed by atoms with E-state index >= 15 is 0 Å². The minimum Gasteiger partial charge on any atom is -0.375 e. The Bertz CT molecular complexity index is 722. The van der Waals surface area contributed by atoms with Crippen molar-refractivity contribution in [1.29, 1.82) is 0 Å². The number of benzene rings is 2. The van der Waals surface area contributed by atoms with Gasteiger partial charge >= 0.3 is 11.8 Å². The lowest BCUT2D eigenvalue weighted by Crippen LogP contribution is -2.38. The van der Waals surface area contributed by atoms with Crippen LogP contribution in [0.2, 0.25) is 5.02 Å². The van der Waals surface area contributed by atoms with E-state index in [4.69, 9.17) is 16.3 Å². The van der Waals surface area contributed by atoms with Gasteiger partial charge in [-0.1, -0.05) is 29.8 Å². The van der Waals surface area contributed by atoms with Crippen LogP contribution in [0.4, 0.5) is 10.1 Å². The van der Waals surface area contributed by atoms with Crippen molar-refractivity contribution in [2.45, 2.75) is 6.10 Å². The number of halogens is 2. The average molecular weight is 351 g/mol. The molecular formula is C17H16ClFN2O3. The molecule has 2 N–H and O–H groups in total. The number of ether oxygens (including phenoxy) is 1. The molecule has 0 aromatic heterocycles. The minimum atomic E-state index is -0.851. The van der Waals surface area contributed by atoms with E-state index in [0.717, 1.165) is 0 Å². The second-order valence-electron chi connectivity index (χ2n) is 4.92. The second-order valence-corrected chi connectivity index (χ2v) is 5.32. The van der Waals surface area contributed by atoms with E-state index in [0.29, 0.717) is 16.3 Å². The van der Waals surface area contributed by atoms with Crippen LogP contribution in [0.25, 0.3) is 0 Å². The van der Waals surface area contributed by atoms with E-state index in [9.17, 15) is 14.0 Å². The summed E-state index contributed by atoms with van der Waals surface area (Å²) in [4.78, 5) is 23.7. The SMILES string of the molecule is COC(CNC(=O)C(=O)Nc1ccc(F)cc1)c1ccccc1Cl. The summed E-state index contributed by atoms with van der Waals surface area (Å²) in [5.74, 6) is -2.11. The normalized spacial score (nSPS) is 11.6. The fourth-order valence-electron chi connectivity index (χ4n) is 2.04. The minimum absolute atomic E-state index is 0.0793. The van der Waals surface area contributed by atoms with Crippen molar-refractivity contribution in [3.8, 4) is 0 Å². The summed E-state index contributed by atoms with van der Waals surface area (Å²) in [7, 11) is 1.48. The Kier molecular flexibility index (Phi) is 6.28. The maximum absolute atomic E-state index is 12.8. The van der Waals surface area contributed by atoms with Gasteiger partial charge in [0.1, 0.15) is 11.9 Å². The topological polar surface area (TPSA) is 67.4 Å². The van der Waals surface area contributed by atoms with Gasteiger partial charge < -0.3 is 15.4 Å². The van der Waals surface area contributed by atoms with Gasteiger partial charge in [0.05, 0.1) is 0 Å². The largest absolute Gasteiger partial charge is 0.375 e. The summed E-state index contributed by atoms with van der Waals surface area (Å²) >= 11 is 6.09. The molecule has 0 saturated carbocycles. The summed E-state index contributed by atoms with van der Waals surface area (Å²) in [6.45, 7) is 0.0793. The number of hydrogen-bond acceptors (Lipinski definition) is 3. The zero-order valence-corrected chi connectivity index (χ0v) is 13.6. The van der Waals surface area contributed by atoms with Crippen molar-refractivity contribution >= 4 is 29.1 Å². The lowest BCUT2D eigenvalue weighted by Gasteiger charge is -2.17. The number of methoxy groups -OCH3 is 1. The lowest BCUT2D eigenvalue weighted by atomic mass is 10.1. The Morgan fingerprint density at radius 2 is 1.79 bits per heavy atom. The standard InChI is InChI=1S/C17H16ClFN2O3/c1-24-15(13-4-2-3-5-14(13)18)10-20-16(22)17(23)21-12-8-6-11(19)7-9-12/h2-9,15H,10H2,1H3,(H,20,22)(H,21,23). The van der Waals surface area contributed by atoms with E-state index in [2.05, 4.69) is 10.6 Å². The Labute approximate surface area is 143 Å². The molecule has 2 aromatic rings. The molecule has 126 valence electrons. The maximum Gasteiger partial charge on any atom is 0.313 e. The first kappa shape index (κ1) is 17.9. The van der Waals surface area contributed by atoms with Crippen molar-refractivity contribution in [2.24, 2.45) is 0 Å². The predicted octanol–water partition coefficient (Wildman–Crippen LogP) is 2.92. The first-order valence-electron chi connectivity index (χ1n) is 7.13. The average Bonchev–Trinajstić information content (AvgIpc) is 2.58. The first-order valence-corrected chi connectivity index (χ1v) is 7.51. The molecule has 0 spiro atoms. The molecule has 5 nitrogen and oxygen atoms in total. The van der Waals surface area contributed by atoms with Gasteiger partial charge in [-0.05, 0) is 30.3 Å². The van der Waals surface area contributed by atoms with Crippen LogP contribution >= 0.6 is 11.6 Å². The molecule has 1 unspecified atom stereocenters. The number of carbonyl (C=O) groups excluding carboxylic acids is 2. The molecule has 0 aliphatic rings. The Balaban J connectivity index is 1.92. The Hall–Kier alpha value is -2.44. The number of hydrogen-bond donors (Lipinski definition) is 2. The molecule has 2 amide bonds. The molecule has 0 fully saturated rings. The van der Waals surface area contributed by atoms with E-state index in [1.54, 1.807) is 24.3 Å². The molecule has 0 aliphatic carbocycles. The van der Waals surface area contributed by atoms with Crippen molar-refractivity contribution in [3.63, 3.8) is 0 Å². The second kappa shape index (κ2) is 8.42. The van der Waals surface area contributed by atoms with Gasteiger partial charge in [-0.3, -0.25) is 9.59 Å². The highest BCUT2D eigenvalue weighted by atomic mass is 35.5. The highest BCUT2D eigenvalue weighted by Gasteiger charge is 2.18. The summed E-state index contributed by atoms with van der Waals surface area (Å²) in [5, 5.41) is 5.37. The molecule has 0 saturated heterocycles. The van der Waals surface area contributed by atoms with E-state index in [-0.39, 0.29) is 6.54 Å². The van der Waals surface area contributed by atoms with Gasteiger partial charge in [0, 0.05) is 29.9 Å². The van der Waals surface area contributed by atoms with Gasteiger partial charge in [-0.15, -0.1) is 0 Å². The maximum atomic E-state index is 12.8. The number of rotatable bonds is 5. The number of carbonyl (C=O) groups is 2. The van der Waals surface area contributed by atoms with E-state index in [1.807, 2.05) is 0 Å². The zero-order valence-electron chi connectivity index (χ0n) is 12.9. The van der Waals surface area contributed by atoms with Gasteiger partial charge in [-0.25, -0.2) is 4.39 Å². The van der Waals surface area contributed by atoms with Crippen LogP contribution in [0.3, 0.4) is 0 Å². The number of anilines is 1. The molecule has 2 aromatic carbocycles. The van der Waals surface area contributed by atoms with Crippen LogP contribution in [0.1, 0.15) is 11.7 Å². The van der Waals surface area contributed by atoms with Gasteiger partial charge in [0.25, 0.3) is 0 Å². The van der Waals surface area contributed by atoms with Crippen LogP contribution in [0.15, 0.2) is 48.5 Å². The third-order valence-electron chi connectivity index (χ3n) is 3.29. The molecule has 0 bridgehead atoms. The highest BCUT2D eigenvalue weighted by molar-refractivity contribution is 6.39. The number of amides is 2. The summed E-state index contributed by atoms with van der Waals surface area (Å²) < 4.78 is 18.1. The highest BCUT2D eigenvalue weighted by Crippen LogP contribution is 2.24. The quantitative estimate of drug-likeness (QED) is 0.815. The third-order valence-corrected chi connectivity index (χ3v) is 3.64. The van der Waals surface area contributed by atoms with Crippen LogP contribution in [0.5, 0.6) is 0 Å². The molecule has 7 heteroatoms. The molecular weight excluding hydrogens is 335 g/mol. The van der Waals surface area contributed by atoms with E-state index in [1.165, 1.54) is 31.4 Å². The molecule has 0 aliphatic heterocycles. The summed E-state index contributed by atoms with van der Waals surface area (Å²) in [5.41, 5.74) is 1.03. The van der Waals surface area contributed by atoms with Gasteiger partial charge in [0.2, 0.25) is 0 Å². The predicted molar refractivity (Wildman–Crippen MR) is 89.2 cm³/mol. The van der Waals surface area contributed by atoms with Gasteiger partial charge in [-0.2, -0.15) is 0 Å². The Morgan fingerprint density at radius 3 is 2.42 bits per heavy atom. The zero-order chi connectivity index (χ0) is 17.5. The fourth-order valence-corrected chi connectivity index (χ4v) is 2.30. The molecule has 2 rings (SSSR count). The van der Waals surface area contributed by atoms with Crippen LogP contribution in [-0.4, -0.2) is 25.5 Å². The van der Waals surface area contributed by atoms with Crippen molar-refractivity contribution in [3.05, 3.63) is 64.9 Å².